The summed E-state index contributed by atoms with van der Waals surface area (Å²) in [5.74, 6) is -2.81. The number of ether oxygens (including phenoxy) is 1. The van der Waals surface area contributed by atoms with Gasteiger partial charge in [0, 0.05) is 11.1 Å². The Labute approximate surface area is 206 Å². The molecule has 4 rings (SSSR count). The second-order valence-corrected chi connectivity index (χ2v) is 9.15. The van der Waals surface area contributed by atoms with Crippen LogP contribution < -0.4 is 4.74 Å². The van der Waals surface area contributed by atoms with E-state index in [0.29, 0.717) is 18.6 Å². The van der Waals surface area contributed by atoms with Gasteiger partial charge in [-0.05, 0) is 50.1 Å². The van der Waals surface area contributed by atoms with Gasteiger partial charge in [0.15, 0.2) is 5.78 Å². The van der Waals surface area contributed by atoms with Crippen molar-refractivity contribution in [3.05, 3.63) is 75.3 Å². The lowest BCUT2D eigenvalue weighted by Crippen LogP contribution is -2.52. The number of nitrogens with zero attached hydrogens (tertiary/aromatic N) is 2. The van der Waals surface area contributed by atoms with Gasteiger partial charge < -0.3 is 4.74 Å². The van der Waals surface area contributed by atoms with Crippen molar-refractivity contribution in [2.75, 3.05) is 13.7 Å². The van der Waals surface area contributed by atoms with E-state index < -0.39 is 41.9 Å². The zero-order valence-electron chi connectivity index (χ0n) is 18.6. The van der Waals surface area contributed by atoms with Crippen LogP contribution in [0.1, 0.15) is 40.5 Å². The Morgan fingerprint density at radius 2 is 1.76 bits per heavy atom. The van der Waals surface area contributed by atoms with Crippen molar-refractivity contribution in [3.63, 3.8) is 0 Å². The van der Waals surface area contributed by atoms with E-state index in [1.165, 1.54) is 31.4 Å². The minimum absolute atomic E-state index is 0.0950. The van der Waals surface area contributed by atoms with Crippen LogP contribution in [-0.2, 0) is 9.59 Å². The monoisotopic (exact) mass is 500 g/mol. The molecule has 0 unspecified atom stereocenters. The zero-order chi connectivity index (χ0) is 24.6. The first-order chi connectivity index (χ1) is 16.2. The third-order valence-electron chi connectivity index (χ3n) is 6.13. The molecule has 1 fully saturated rings. The summed E-state index contributed by atoms with van der Waals surface area (Å²) in [6.45, 7) is 1.39. The Bertz CT molecular complexity index is 1230. The van der Waals surface area contributed by atoms with Crippen LogP contribution in [-0.4, -0.2) is 47.2 Å². The first kappa shape index (κ1) is 24.0. The smallest absolute Gasteiger partial charge is 0.273 e. The largest absolute Gasteiger partial charge is 0.497 e. The van der Waals surface area contributed by atoms with E-state index >= 15 is 0 Å². The van der Waals surface area contributed by atoms with Gasteiger partial charge in [-0.25, -0.2) is 5.01 Å². The molecule has 9 heteroatoms. The number of rotatable bonds is 6. The first-order valence-electron chi connectivity index (χ1n) is 10.7. The number of allylic oxidation sites excluding steroid dienone is 2. The molecule has 0 saturated carbocycles. The molecule has 7 nitrogen and oxygen atoms in total. The van der Waals surface area contributed by atoms with Gasteiger partial charge in [0.25, 0.3) is 17.7 Å². The zero-order valence-corrected chi connectivity index (χ0v) is 20.1. The van der Waals surface area contributed by atoms with E-state index in [4.69, 9.17) is 27.9 Å². The summed E-state index contributed by atoms with van der Waals surface area (Å²) in [6.07, 6.45) is 2.78. The highest BCUT2D eigenvalue weighted by Crippen LogP contribution is 2.39. The number of methoxy groups -OCH3 is 1. The molecule has 0 spiro atoms. The molecule has 0 radical (unpaired) electrons. The Morgan fingerprint density at radius 3 is 2.47 bits per heavy atom. The molecule has 0 bridgehead atoms. The highest BCUT2D eigenvalue weighted by molar-refractivity contribution is 6.42. The fourth-order valence-electron chi connectivity index (χ4n) is 4.29. The van der Waals surface area contributed by atoms with Crippen molar-refractivity contribution in [1.29, 1.82) is 0 Å². The van der Waals surface area contributed by atoms with Gasteiger partial charge in [0.2, 0.25) is 0 Å². The molecule has 1 heterocycles. The fraction of sp³-hybridized carbons (Fsp3) is 0.280. The number of fused-ring (bicyclic) bond motifs is 1. The number of imide groups is 1. The van der Waals surface area contributed by atoms with E-state index in [2.05, 4.69) is 0 Å². The summed E-state index contributed by atoms with van der Waals surface area (Å²) in [7, 11) is 1.48. The predicted molar refractivity (Wildman–Crippen MR) is 127 cm³/mol. The Kier molecular flexibility index (Phi) is 6.77. The molecule has 3 amide bonds. The number of carbonyl (C=O) groups excluding carboxylic acids is 4. The SMILES string of the molecule is COc1cccc(C(=O)CN(C(=O)c2ccc(Cl)c(Cl)c2)N2C(=O)[C@H]3CC=C(C)C[C@@H]3C2=O)c1. The van der Waals surface area contributed by atoms with E-state index in [1.807, 2.05) is 13.0 Å². The van der Waals surface area contributed by atoms with Crippen molar-refractivity contribution < 1.29 is 23.9 Å². The summed E-state index contributed by atoms with van der Waals surface area (Å²) in [6, 6.07) is 10.7. The molecule has 2 aliphatic rings. The van der Waals surface area contributed by atoms with E-state index in [-0.39, 0.29) is 21.2 Å². The quantitative estimate of drug-likeness (QED) is 0.329. The van der Waals surface area contributed by atoms with Gasteiger partial charge in [-0.15, -0.1) is 0 Å². The van der Waals surface area contributed by atoms with Crippen LogP contribution in [0.25, 0.3) is 0 Å². The number of amides is 3. The number of halogens is 2. The van der Waals surface area contributed by atoms with Crippen LogP contribution in [0.15, 0.2) is 54.1 Å². The topological polar surface area (TPSA) is 84.0 Å². The second-order valence-electron chi connectivity index (χ2n) is 8.34. The Hall–Kier alpha value is -3.16. The summed E-state index contributed by atoms with van der Waals surface area (Å²) >= 11 is 12.1. The molecule has 2 atom stereocenters. The number of hydrogen-bond donors (Lipinski definition) is 0. The predicted octanol–water partition coefficient (Wildman–Crippen LogP) is 4.58. The molecular weight excluding hydrogens is 479 g/mol. The number of hydrogen-bond acceptors (Lipinski definition) is 5. The maximum atomic E-state index is 13.5. The number of ketones is 1. The first-order valence-corrected chi connectivity index (χ1v) is 11.4. The number of benzene rings is 2. The fourth-order valence-corrected chi connectivity index (χ4v) is 4.59. The minimum Gasteiger partial charge on any atom is -0.497 e. The van der Waals surface area contributed by atoms with Crippen molar-refractivity contribution in [2.45, 2.75) is 19.8 Å². The van der Waals surface area contributed by atoms with Crippen LogP contribution in [0, 0.1) is 11.8 Å². The lowest BCUT2D eigenvalue weighted by Gasteiger charge is -2.30. The summed E-state index contributed by atoms with van der Waals surface area (Å²) in [5.41, 5.74) is 1.39. The van der Waals surface area contributed by atoms with Crippen LogP contribution in [0.5, 0.6) is 5.75 Å². The lowest BCUT2D eigenvalue weighted by atomic mass is 9.82. The molecule has 0 N–H and O–H groups in total. The van der Waals surface area contributed by atoms with Crippen molar-refractivity contribution in [3.8, 4) is 5.75 Å². The third-order valence-corrected chi connectivity index (χ3v) is 6.87. The van der Waals surface area contributed by atoms with Gasteiger partial charge in [-0.1, -0.05) is 47.0 Å². The molecule has 176 valence electrons. The van der Waals surface area contributed by atoms with Crippen molar-refractivity contribution in [1.82, 2.24) is 10.0 Å². The molecule has 1 saturated heterocycles. The maximum Gasteiger partial charge on any atom is 0.273 e. The van der Waals surface area contributed by atoms with Crippen molar-refractivity contribution >= 4 is 46.7 Å². The van der Waals surface area contributed by atoms with E-state index in [0.717, 1.165) is 15.6 Å². The molecule has 0 aromatic heterocycles. The molecule has 2 aromatic rings. The number of carbonyl (C=O) groups is 4. The molecule has 2 aromatic carbocycles. The van der Waals surface area contributed by atoms with Gasteiger partial charge in [0.05, 0.1) is 29.0 Å². The van der Waals surface area contributed by atoms with Gasteiger partial charge in [-0.2, -0.15) is 5.01 Å². The summed E-state index contributed by atoms with van der Waals surface area (Å²) in [4.78, 5) is 53.3. The molecule has 34 heavy (non-hydrogen) atoms. The van der Waals surface area contributed by atoms with Crippen LogP contribution in [0.3, 0.4) is 0 Å². The average Bonchev–Trinajstić information content (AvgIpc) is 3.07. The van der Waals surface area contributed by atoms with Gasteiger partial charge in [-0.3, -0.25) is 19.2 Å². The highest BCUT2D eigenvalue weighted by Gasteiger charge is 2.51. The Balaban J connectivity index is 1.71. The summed E-state index contributed by atoms with van der Waals surface area (Å²) in [5, 5.41) is 2.14. The highest BCUT2D eigenvalue weighted by atomic mass is 35.5. The van der Waals surface area contributed by atoms with E-state index in [9.17, 15) is 19.2 Å². The van der Waals surface area contributed by atoms with E-state index in [1.54, 1.807) is 18.2 Å². The second kappa shape index (κ2) is 9.60. The Morgan fingerprint density at radius 1 is 1.03 bits per heavy atom. The normalized spacial score (nSPS) is 19.5. The van der Waals surface area contributed by atoms with Gasteiger partial charge in [0.1, 0.15) is 12.3 Å². The summed E-state index contributed by atoms with van der Waals surface area (Å²) < 4.78 is 5.17. The average molecular weight is 501 g/mol. The van der Waals surface area contributed by atoms with Gasteiger partial charge >= 0.3 is 0 Å². The van der Waals surface area contributed by atoms with Crippen LogP contribution in [0.2, 0.25) is 10.0 Å². The molecular formula is C25H22Cl2N2O5. The van der Waals surface area contributed by atoms with Crippen LogP contribution in [0.4, 0.5) is 0 Å². The molecule has 1 aliphatic carbocycles. The minimum atomic E-state index is -0.708. The maximum absolute atomic E-state index is 13.5. The van der Waals surface area contributed by atoms with Crippen molar-refractivity contribution in [2.24, 2.45) is 11.8 Å². The lowest BCUT2D eigenvalue weighted by molar-refractivity contribution is -0.154. The standard InChI is InChI=1S/C25H22Cl2N2O5/c1-14-6-8-18-19(10-14)25(33)29(24(18)32)28(23(31)16-7-9-20(26)21(27)12-16)13-22(30)15-4-3-5-17(11-15)34-2/h3-7,9,11-12,18-19H,8,10,13H2,1-2H3/t18-,19-/m0/s1. The number of hydrazine groups is 1. The van der Waals surface area contributed by atoms with Crippen LogP contribution >= 0.6 is 23.2 Å². The third kappa shape index (κ3) is 4.45. The molecule has 1 aliphatic heterocycles. The number of Topliss-reactive ketones (excluding diaryl/α,β-unsaturated/α-hetero) is 1.